The molecule has 0 aliphatic rings. The molecule has 0 radical (unpaired) electrons. The van der Waals surface area contributed by atoms with Gasteiger partial charge in [0, 0.05) is 7.11 Å². The Morgan fingerprint density at radius 2 is 1.86 bits per heavy atom. The van der Waals surface area contributed by atoms with Gasteiger partial charge in [0.05, 0.1) is 19.3 Å². The van der Waals surface area contributed by atoms with Gasteiger partial charge in [-0.3, -0.25) is 0 Å². The Hall–Kier alpha value is -0.400. The lowest BCUT2D eigenvalue weighted by atomic mass is 10.3. The Balaban J connectivity index is 3.62. The van der Waals surface area contributed by atoms with Crippen LogP contribution in [0.15, 0.2) is 0 Å². The SMILES string of the molecule is COCC(N)COCC(F)(F)C(F)F. The topological polar surface area (TPSA) is 44.5 Å². The minimum Gasteiger partial charge on any atom is -0.383 e. The first-order valence-corrected chi connectivity index (χ1v) is 3.88. The molecule has 0 aromatic carbocycles. The van der Waals surface area contributed by atoms with E-state index in [1.165, 1.54) is 7.11 Å². The van der Waals surface area contributed by atoms with Crippen molar-refractivity contribution in [3.05, 3.63) is 0 Å². The van der Waals surface area contributed by atoms with E-state index in [4.69, 9.17) is 5.73 Å². The van der Waals surface area contributed by atoms with Gasteiger partial charge in [-0.05, 0) is 0 Å². The second kappa shape index (κ2) is 6.15. The fourth-order valence-corrected chi connectivity index (χ4v) is 0.672. The number of methoxy groups -OCH3 is 1. The molecule has 2 N–H and O–H groups in total. The van der Waals surface area contributed by atoms with E-state index in [-0.39, 0.29) is 13.2 Å². The van der Waals surface area contributed by atoms with Gasteiger partial charge in [0.1, 0.15) is 6.61 Å². The Kier molecular flexibility index (Phi) is 5.98. The van der Waals surface area contributed by atoms with Crippen LogP contribution in [0.25, 0.3) is 0 Å². The molecule has 3 nitrogen and oxygen atoms in total. The van der Waals surface area contributed by atoms with Crippen LogP contribution in [0.3, 0.4) is 0 Å². The Morgan fingerprint density at radius 1 is 1.29 bits per heavy atom. The lowest BCUT2D eigenvalue weighted by Gasteiger charge is -2.17. The van der Waals surface area contributed by atoms with Crippen molar-refractivity contribution >= 4 is 0 Å². The summed E-state index contributed by atoms with van der Waals surface area (Å²) >= 11 is 0. The molecule has 0 aromatic heterocycles. The molecule has 7 heteroatoms. The summed E-state index contributed by atoms with van der Waals surface area (Å²) < 4.78 is 56.6. The second-order valence-corrected chi connectivity index (χ2v) is 2.79. The van der Waals surface area contributed by atoms with E-state index < -0.39 is 25.0 Å². The van der Waals surface area contributed by atoms with Crippen LogP contribution in [-0.2, 0) is 9.47 Å². The highest BCUT2D eigenvalue weighted by molar-refractivity contribution is 4.68. The van der Waals surface area contributed by atoms with Gasteiger partial charge in [-0.1, -0.05) is 0 Å². The molecule has 0 rings (SSSR count). The van der Waals surface area contributed by atoms with Gasteiger partial charge in [-0.25, -0.2) is 8.78 Å². The largest absolute Gasteiger partial charge is 0.383 e. The number of hydrogen-bond donors (Lipinski definition) is 1. The zero-order valence-electron chi connectivity index (χ0n) is 7.68. The average Bonchev–Trinajstić information content (AvgIpc) is 2.04. The molecular formula is C7H13F4NO2. The van der Waals surface area contributed by atoms with Crippen LogP contribution < -0.4 is 5.73 Å². The van der Waals surface area contributed by atoms with Crippen molar-refractivity contribution in [2.75, 3.05) is 26.9 Å². The van der Waals surface area contributed by atoms with Crippen molar-refractivity contribution in [2.24, 2.45) is 5.73 Å². The first-order chi connectivity index (χ1) is 6.40. The van der Waals surface area contributed by atoms with Gasteiger partial charge in [0.15, 0.2) is 0 Å². The summed E-state index contributed by atoms with van der Waals surface area (Å²) in [5.74, 6) is -4.12. The number of hydrogen-bond acceptors (Lipinski definition) is 3. The number of nitrogens with two attached hydrogens (primary N) is 1. The Morgan fingerprint density at radius 3 is 2.29 bits per heavy atom. The van der Waals surface area contributed by atoms with E-state index in [0.29, 0.717) is 0 Å². The molecule has 0 heterocycles. The third-order valence-electron chi connectivity index (χ3n) is 1.33. The molecule has 0 aliphatic carbocycles. The molecule has 1 atom stereocenters. The summed E-state index contributed by atoms with van der Waals surface area (Å²) in [4.78, 5) is 0. The van der Waals surface area contributed by atoms with E-state index in [1.54, 1.807) is 0 Å². The maximum Gasteiger partial charge on any atom is 0.330 e. The summed E-state index contributed by atoms with van der Waals surface area (Å²) in [6.07, 6.45) is -3.72. The van der Waals surface area contributed by atoms with E-state index >= 15 is 0 Å². The van der Waals surface area contributed by atoms with Gasteiger partial charge in [0.2, 0.25) is 0 Å². The standard InChI is InChI=1S/C7H13F4NO2/c1-13-2-5(12)3-14-4-7(10,11)6(8)9/h5-6H,2-4,12H2,1H3. The highest BCUT2D eigenvalue weighted by Gasteiger charge is 2.40. The predicted octanol–water partition coefficient (Wildman–Crippen LogP) is 0.877. The molecule has 0 aliphatic heterocycles. The Labute approximate surface area is 79.2 Å². The van der Waals surface area contributed by atoms with Gasteiger partial charge in [0.25, 0.3) is 0 Å². The zero-order chi connectivity index (χ0) is 11.2. The second-order valence-electron chi connectivity index (χ2n) is 2.79. The zero-order valence-corrected chi connectivity index (χ0v) is 7.68. The molecule has 0 saturated carbocycles. The van der Waals surface area contributed by atoms with E-state index in [1.807, 2.05) is 0 Å². The van der Waals surface area contributed by atoms with Crippen molar-refractivity contribution < 1.29 is 27.0 Å². The van der Waals surface area contributed by atoms with E-state index in [0.717, 1.165) is 0 Å². The van der Waals surface area contributed by atoms with Crippen LogP contribution in [0.1, 0.15) is 0 Å². The highest BCUT2D eigenvalue weighted by Crippen LogP contribution is 2.22. The number of ether oxygens (including phenoxy) is 2. The van der Waals surface area contributed by atoms with Crippen LogP contribution in [0.2, 0.25) is 0 Å². The lowest BCUT2D eigenvalue weighted by Crippen LogP contribution is -2.36. The third-order valence-corrected chi connectivity index (χ3v) is 1.33. The van der Waals surface area contributed by atoms with Gasteiger partial charge in [-0.2, -0.15) is 8.78 Å². The monoisotopic (exact) mass is 219 g/mol. The van der Waals surface area contributed by atoms with E-state index in [2.05, 4.69) is 9.47 Å². The van der Waals surface area contributed by atoms with Crippen molar-refractivity contribution in [2.45, 2.75) is 18.4 Å². The van der Waals surface area contributed by atoms with Gasteiger partial charge >= 0.3 is 12.3 Å². The number of rotatable bonds is 7. The first kappa shape index (κ1) is 13.6. The summed E-state index contributed by atoms with van der Waals surface area (Å²) in [7, 11) is 1.38. The van der Waals surface area contributed by atoms with Crippen LogP contribution >= 0.6 is 0 Å². The molecule has 0 aromatic rings. The fraction of sp³-hybridized carbons (Fsp3) is 1.00. The van der Waals surface area contributed by atoms with Crippen molar-refractivity contribution in [1.29, 1.82) is 0 Å². The van der Waals surface area contributed by atoms with Crippen LogP contribution in [0.4, 0.5) is 17.6 Å². The van der Waals surface area contributed by atoms with Crippen molar-refractivity contribution in [3.63, 3.8) is 0 Å². The summed E-state index contributed by atoms with van der Waals surface area (Å²) in [5, 5.41) is 0. The smallest absolute Gasteiger partial charge is 0.330 e. The maximum atomic E-state index is 12.2. The van der Waals surface area contributed by atoms with Gasteiger partial charge < -0.3 is 15.2 Å². The molecule has 0 bridgehead atoms. The molecule has 0 saturated heterocycles. The predicted molar refractivity (Wildman–Crippen MR) is 41.6 cm³/mol. The number of halogens is 4. The van der Waals surface area contributed by atoms with Crippen LogP contribution in [-0.4, -0.2) is 45.3 Å². The maximum absolute atomic E-state index is 12.2. The van der Waals surface area contributed by atoms with Crippen LogP contribution in [0.5, 0.6) is 0 Å². The summed E-state index contributed by atoms with van der Waals surface area (Å²) in [6.45, 7) is -1.45. The van der Waals surface area contributed by atoms with Gasteiger partial charge in [-0.15, -0.1) is 0 Å². The normalized spacial score (nSPS) is 14.8. The molecule has 0 spiro atoms. The molecular weight excluding hydrogens is 206 g/mol. The quantitative estimate of drug-likeness (QED) is 0.646. The fourth-order valence-electron chi connectivity index (χ4n) is 0.672. The molecule has 14 heavy (non-hydrogen) atoms. The summed E-state index contributed by atoms with van der Waals surface area (Å²) in [6, 6.07) is -0.589. The lowest BCUT2D eigenvalue weighted by molar-refractivity contribution is -0.167. The minimum atomic E-state index is -4.12. The molecule has 0 amide bonds. The molecule has 86 valence electrons. The van der Waals surface area contributed by atoms with Crippen molar-refractivity contribution in [1.82, 2.24) is 0 Å². The Bertz CT molecular complexity index is 157. The third kappa shape index (κ3) is 5.36. The molecule has 1 unspecified atom stereocenters. The summed E-state index contributed by atoms with van der Waals surface area (Å²) in [5.41, 5.74) is 5.31. The van der Waals surface area contributed by atoms with Crippen LogP contribution in [0, 0.1) is 0 Å². The molecule has 0 fully saturated rings. The highest BCUT2D eigenvalue weighted by atomic mass is 19.3. The van der Waals surface area contributed by atoms with E-state index in [9.17, 15) is 17.6 Å². The average molecular weight is 219 g/mol. The first-order valence-electron chi connectivity index (χ1n) is 3.88. The van der Waals surface area contributed by atoms with Crippen molar-refractivity contribution in [3.8, 4) is 0 Å². The number of alkyl halides is 4. The minimum absolute atomic E-state index is 0.125.